The molecule has 1 nitrogen and oxygen atoms in total. The highest BCUT2D eigenvalue weighted by Gasteiger charge is 2.00. The molecule has 0 saturated heterocycles. The first-order valence-electron chi connectivity index (χ1n) is 4.75. The molecule has 0 bridgehead atoms. The molecule has 0 radical (unpaired) electrons. The van der Waals surface area contributed by atoms with Crippen molar-refractivity contribution in [1.29, 1.82) is 0 Å². The lowest BCUT2D eigenvalue weighted by Crippen LogP contribution is -2.13. The van der Waals surface area contributed by atoms with Crippen molar-refractivity contribution in [1.82, 2.24) is 4.31 Å². The molecule has 0 saturated carbocycles. The quantitative estimate of drug-likeness (QED) is 0.678. The van der Waals surface area contributed by atoms with Gasteiger partial charge in [-0.05, 0) is 31.0 Å². The van der Waals surface area contributed by atoms with Crippen molar-refractivity contribution in [3.63, 3.8) is 0 Å². The van der Waals surface area contributed by atoms with Crippen LogP contribution in [0.4, 0.5) is 0 Å². The van der Waals surface area contributed by atoms with E-state index in [-0.39, 0.29) is 0 Å². The number of hydrogen-bond donors (Lipinski definition) is 0. The van der Waals surface area contributed by atoms with E-state index in [1.54, 1.807) is 0 Å². The van der Waals surface area contributed by atoms with Crippen molar-refractivity contribution < 1.29 is 0 Å². The van der Waals surface area contributed by atoms with Crippen LogP contribution in [0.15, 0.2) is 29.2 Å². The summed E-state index contributed by atoms with van der Waals surface area (Å²) in [5.74, 6) is 0. The summed E-state index contributed by atoms with van der Waals surface area (Å²) in [7, 11) is 0. The third-order valence-corrected chi connectivity index (χ3v) is 3.22. The van der Waals surface area contributed by atoms with E-state index in [1.165, 1.54) is 10.5 Å². The largest absolute Gasteiger partial charge is 0.247 e. The van der Waals surface area contributed by atoms with E-state index in [1.807, 2.05) is 11.9 Å². The highest BCUT2D eigenvalue weighted by Crippen LogP contribution is 2.21. The molecule has 72 valence electrons. The summed E-state index contributed by atoms with van der Waals surface area (Å²) in [4.78, 5) is 1.33. The minimum atomic E-state index is 1.09. The van der Waals surface area contributed by atoms with Crippen LogP contribution >= 0.6 is 11.9 Å². The van der Waals surface area contributed by atoms with Gasteiger partial charge in [0, 0.05) is 18.0 Å². The maximum absolute atomic E-state index is 2.34. The Bertz CT molecular complexity index is 239. The standard InChI is InChI=1S/C11H17NS/c1-4-12(5-2)13-11-8-6-10(3)7-9-11/h6-9H,4-5H2,1-3H3. The van der Waals surface area contributed by atoms with Gasteiger partial charge < -0.3 is 0 Å². The second-order valence-electron chi connectivity index (χ2n) is 3.02. The molecule has 0 aliphatic carbocycles. The molecule has 1 rings (SSSR count). The van der Waals surface area contributed by atoms with Gasteiger partial charge >= 0.3 is 0 Å². The molecule has 0 aliphatic rings. The van der Waals surface area contributed by atoms with Crippen LogP contribution in [0.5, 0.6) is 0 Å². The summed E-state index contributed by atoms with van der Waals surface area (Å²) in [6.07, 6.45) is 0. The zero-order valence-corrected chi connectivity index (χ0v) is 9.40. The lowest BCUT2D eigenvalue weighted by molar-refractivity contribution is 0.525. The molecule has 1 aromatic rings. The third kappa shape index (κ3) is 3.41. The van der Waals surface area contributed by atoms with Crippen molar-refractivity contribution >= 4 is 11.9 Å². The first-order valence-corrected chi connectivity index (χ1v) is 5.53. The molecule has 13 heavy (non-hydrogen) atoms. The van der Waals surface area contributed by atoms with Crippen molar-refractivity contribution in [2.24, 2.45) is 0 Å². The molecular formula is C11H17NS. The van der Waals surface area contributed by atoms with Gasteiger partial charge in [-0.15, -0.1) is 0 Å². The number of rotatable bonds is 4. The predicted molar refractivity (Wildman–Crippen MR) is 60.0 cm³/mol. The minimum absolute atomic E-state index is 1.09. The monoisotopic (exact) mass is 195 g/mol. The van der Waals surface area contributed by atoms with Crippen molar-refractivity contribution in [3.05, 3.63) is 29.8 Å². The average Bonchev–Trinajstić information content (AvgIpc) is 2.17. The maximum atomic E-state index is 2.34. The van der Waals surface area contributed by atoms with E-state index in [0.717, 1.165) is 13.1 Å². The van der Waals surface area contributed by atoms with Gasteiger partial charge in [-0.3, -0.25) is 0 Å². The van der Waals surface area contributed by atoms with Gasteiger partial charge in [0.25, 0.3) is 0 Å². The summed E-state index contributed by atoms with van der Waals surface area (Å²) in [5, 5.41) is 0. The Balaban J connectivity index is 2.58. The molecule has 0 amide bonds. The van der Waals surface area contributed by atoms with Crippen LogP contribution in [0.1, 0.15) is 19.4 Å². The van der Waals surface area contributed by atoms with Gasteiger partial charge in [-0.25, -0.2) is 4.31 Å². The van der Waals surface area contributed by atoms with E-state index in [0.29, 0.717) is 0 Å². The highest BCUT2D eigenvalue weighted by atomic mass is 32.2. The zero-order chi connectivity index (χ0) is 9.68. The molecule has 2 heteroatoms. The third-order valence-electron chi connectivity index (χ3n) is 1.96. The van der Waals surface area contributed by atoms with Gasteiger partial charge in [-0.2, -0.15) is 0 Å². The summed E-state index contributed by atoms with van der Waals surface area (Å²) < 4.78 is 2.34. The molecule has 0 aliphatic heterocycles. The second kappa shape index (κ2) is 5.30. The minimum Gasteiger partial charge on any atom is -0.247 e. The topological polar surface area (TPSA) is 3.24 Å². The molecule has 0 unspecified atom stereocenters. The Labute approximate surface area is 85.3 Å². The fourth-order valence-electron chi connectivity index (χ4n) is 1.10. The van der Waals surface area contributed by atoms with Gasteiger partial charge in [0.1, 0.15) is 0 Å². The van der Waals surface area contributed by atoms with Gasteiger partial charge in [0.15, 0.2) is 0 Å². The van der Waals surface area contributed by atoms with Crippen molar-refractivity contribution in [2.75, 3.05) is 13.1 Å². The molecule has 0 N–H and O–H groups in total. The SMILES string of the molecule is CCN(CC)Sc1ccc(C)cc1. The van der Waals surface area contributed by atoms with Crippen LogP contribution < -0.4 is 0 Å². The van der Waals surface area contributed by atoms with Crippen LogP contribution in [0.25, 0.3) is 0 Å². The molecule has 0 heterocycles. The zero-order valence-electron chi connectivity index (χ0n) is 8.58. The first-order chi connectivity index (χ1) is 6.26. The van der Waals surface area contributed by atoms with E-state index in [4.69, 9.17) is 0 Å². The van der Waals surface area contributed by atoms with E-state index in [2.05, 4.69) is 49.3 Å². The highest BCUT2D eigenvalue weighted by molar-refractivity contribution is 7.97. The lowest BCUT2D eigenvalue weighted by atomic mass is 10.2. The van der Waals surface area contributed by atoms with E-state index >= 15 is 0 Å². The number of nitrogens with zero attached hydrogens (tertiary/aromatic N) is 1. The molecular weight excluding hydrogens is 178 g/mol. The van der Waals surface area contributed by atoms with Crippen LogP contribution in [0, 0.1) is 6.92 Å². The maximum Gasteiger partial charge on any atom is 0.0230 e. The molecule has 1 aromatic carbocycles. The Hall–Kier alpha value is -0.470. The Kier molecular flexibility index (Phi) is 4.33. The Morgan fingerprint density at radius 2 is 1.62 bits per heavy atom. The van der Waals surface area contributed by atoms with Gasteiger partial charge in [0.2, 0.25) is 0 Å². The average molecular weight is 195 g/mol. The fraction of sp³-hybridized carbons (Fsp3) is 0.455. The number of hydrogen-bond acceptors (Lipinski definition) is 2. The Morgan fingerprint density at radius 1 is 1.08 bits per heavy atom. The van der Waals surface area contributed by atoms with Crippen LogP contribution in [0.3, 0.4) is 0 Å². The lowest BCUT2D eigenvalue weighted by Gasteiger charge is -2.16. The Morgan fingerprint density at radius 3 is 2.08 bits per heavy atom. The fourth-order valence-corrected chi connectivity index (χ4v) is 1.92. The summed E-state index contributed by atoms with van der Waals surface area (Å²) in [5.41, 5.74) is 1.32. The normalized spacial score (nSPS) is 10.8. The van der Waals surface area contributed by atoms with E-state index < -0.39 is 0 Å². The van der Waals surface area contributed by atoms with E-state index in [9.17, 15) is 0 Å². The van der Waals surface area contributed by atoms with Gasteiger partial charge in [-0.1, -0.05) is 31.5 Å². The van der Waals surface area contributed by atoms with Crippen LogP contribution in [-0.4, -0.2) is 17.4 Å². The number of aryl methyl sites for hydroxylation is 1. The van der Waals surface area contributed by atoms with Crippen molar-refractivity contribution in [3.8, 4) is 0 Å². The molecule has 0 fully saturated rings. The van der Waals surface area contributed by atoms with Crippen molar-refractivity contribution in [2.45, 2.75) is 25.7 Å². The predicted octanol–water partition coefficient (Wildman–Crippen LogP) is 3.34. The number of benzene rings is 1. The van der Waals surface area contributed by atoms with Gasteiger partial charge in [0.05, 0.1) is 0 Å². The molecule has 0 aromatic heterocycles. The second-order valence-corrected chi connectivity index (χ2v) is 4.19. The summed E-state index contributed by atoms with van der Waals surface area (Å²) in [6.45, 7) is 8.67. The molecule has 0 atom stereocenters. The first kappa shape index (κ1) is 10.6. The van der Waals surface area contributed by atoms with Crippen LogP contribution in [0.2, 0.25) is 0 Å². The summed E-state index contributed by atoms with van der Waals surface area (Å²) >= 11 is 1.83. The molecule has 0 spiro atoms. The smallest absolute Gasteiger partial charge is 0.0230 e. The summed E-state index contributed by atoms with van der Waals surface area (Å²) in [6, 6.07) is 8.67. The van der Waals surface area contributed by atoms with Crippen LogP contribution in [-0.2, 0) is 0 Å².